The molecular formula is C13H8N2O3S. The molecule has 5 nitrogen and oxygen atoms in total. The van der Waals surface area contributed by atoms with E-state index in [9.17, 15) is 14.9 Å². The Kier molecular flexibility index (Phi) is 4.07. The molecule has 0 atom stereocenters. The van der Waals surface area contributed by atoms with Gasteiger partial charge in [-0.25, -0.2) is 4.79 Å². The molecule has 0 spiro atoms. The Morgan fingerprint density at radius 2 is 1.84 bits per heavy atom. The van der Waals surface area contributed by atoms with Gasteiger partial charge in [0.05, 0.1) is 4.92 Å². The molecule has 2 aromatic carbocycles. The number of nitro benzene ring substituents is 1. The highest BCUT2D eigenvalue weighted by atomic mass is 32.2. The van der Waals surface area contributed by atoms with Gasteiger partial charge >= 0.3 is 0 Å². The maximum absolute atomic E-state index is 10.8. The van der Waals surface area contributed by atoms with E-state index in [1.807, 2.05) is 30.3 Å². The van der Waals surface area contributed by atoms with Crippen LogP contribution in [-0.4, -0.2) is 11.0 Å². The molecule has 0 saturated carbocycles. The Morgan fingerprint density at radius 3 is 2.47 bits per heavy atom. The Morgan fingerprint density at radius 1 is 1.11 bits per heavy atom. The van der Waals surface area contributed by atoms with Gasteiger partial charge in [-0.3, -0.25) is 10.1 Å². The van der Waals surface area contributed by atoms with Crippen molar-refractivity contribution in [2.45, 2.75) is 9.79 Å². The number of aliphatic imine (C=N–C) groups is 1. The van der Waals surface area contributed by atoms with Crippen LogP contribution in [-0.2, 0) is 4.79 Å². The van der Waals surface area contributed by atoms with Crippen molar-refractivity contribution in [3.63, 3.8) is 0 Å². The molecule has 0 radical (unpaired) electrons. The molecule has 0 saturated heterocycles. The smallest absolute Gasteiger partial charge is 0.258 e. The maximum atomic E-state index is 10.8. The summed E-state index contributed by atoms with van der Waals surface area (Å²) in [6, 6.07) is 14.0. The Balaban J connectivity index is 2.36. The summed E-state index contributed by atoms with van der Waals surface area (Å²) in [6.45, 7) is 0. The van der Waals surface area contributed by atoms with Gasteiger partial charge in [0.25, 0.3) is 5.69 Å². The lowest BCUT2D eigenvalue weighted by Gasteiger charge is -2.02. The van der Waals surface area contributed by atoms with E-state index in [0.29, 0.717) is 0 Å². The topological polar surface area (TPSA) is 72.6 Å². The first-order chi connectivity index (χ1) is 9.20. The predicted octanol–water partition coefficient (Wildman–Crippen LogP) is 3.71. The van der Waals surface area contributed by atoms with E-state index in [0.717, 1.165) is 9.79 Å². The third-order valence-corrected chi connectivity index (χ3v) is 3.29. The normalized spacial score (nSPS) is 9.68. The molecule has 0 aliphatic carbocycles. The van der Waals surface area contributed by atoms with Gasteiger partial charge in [0.1, 0.15) is 0 Å². The molecular weight excluding hydrogens is 264 g/mol. The number of hydrogen-bond donors (Lipinski definition) is 0. The van der Waals surface area contributed by atoms with Gasteiger partial charge < -0.3 is 0 Å². The van der Waals surface area contributed by atoms with Gasteiger partial charge in [-0.15, -0.1) is 0 Å². The van der Waals surface area contributed by atoms with Crippen molar-refractivity contribution in [2.24, 2.45) is 4.99 Å². The zero-order valence-electron chi connectivity index (χ0n) is 9.65. The molecule has 0 amide bonds. The summed E-state index contributed by atoms with van der Waals surface area (Å²) in [6.07, 6.45) is 1.33. The molecule has 0 aromatic heterocycles. The third-order valence-electron chi connectivity index (χ3n) is 2.29. The minimum atomic E-state index is -0.576. The largest absolute Gasteiger partial charge is 0.295 e. The van der Waals surface area contributed by atoms with Crippen LogP contribution in [0.5, 0.6) is 0 Å². The van der Waals surface area contributed by atoms with Crippen molar-refractivity contribution in [1.82, 2.24) is 0 Å². The van der Waals surface area contributed by atoms with Crippen LogP contribution in [0.1, 0.15) is 0 Å². The van der Waals surface area contributed by atoms with Crippen molar-refractivity contribution >= 4 is 29.2 Å². The highest BCUT2D eigenvalue weighted by molar-refractivity contribution is 7.99. The molecule has 2 aromatic rings. The molecule has 0 N–H and O–H groups in total. The van der Waals surface area contributed by atoms with Crippen LogP contribution in [0.3, 0.4) is 0 Å². The number of isocyanates is 1. The van der Waals surface area contributed by atoms with E-state index in [2.05, 4.69) is 4.99 Å². The minimum Gasteiger partial charge on any atom is -0.258 e. The van der Waals surface area contributed by atoms with Crippen molar-refractivity contribution in [1.29, 1.82) is 0 Å². The molecule has 0 aliphatic heterocycles. The summed E-state index contributed by atoms with van der Waals surface area (Å²) in [5.41, 5.74) is -0.193. The lowest BCUT2D eigenvalue weighted by atomic mass is 10.3. The highest BCUT2D eigenvalue weighted by Gasteiger charge is 2.14. The van der Waals surface area contributed by atoms with Crippen LogP contribution in [0.15, 0.2) is 63.3 Å². The van der Waals surface area contributed by atoms with E-state index in [1.165, 1.54) is 30.0 Å². The summed E-state index contributed by atoms with van der Waals surface area (Å²) in [5, 5.41) is 10.8. The third kappa shape index (κ3) is 3.28. The molecule has 0 unspecified atom stereocenters. The second-order valence-corrected chi connectivity index (χ2v) is 4.67. The van der Waals surface area contributed by atoms with Crippen molar-refractivity contribution in [2.75, 3.05) is 0 Å². The molecule has 0 aliphatic rings. The second kappa shape index (κ2) is 5.95. The maximum Gasteiger partial charge on any atom is 0.295 e. The van der Waals surface area contributed by atoms with E-state index in [-0.39, 0.29) is 11.4 Å². The first kappa shape index (κ1) is 13.0. The number of hydrogen-bond acceptors (Lipinski definition) is 5. The summed E-state index contributed by atoms with van der Waals surface area (Å²) in [4.78, 5) is 25.6. The van der Waals surface area contributed by atoms with Gasteiger partial charge in [-0.05, 0) is 24.3 Å². The Labute approximate surface area is 113 Å². The number of carbonyl (C=O) groups excluding carboxylic acids is 1. The number of nitro groups is 1. The number of nitrogens with zero attached hydrogens (tertiary/aromatic N) is 2. The zero-order valence-corrected chi connectivity index (χ0v) is 10.5. The molecule has 6 heteroatoms. The van der Waals surface area contributed by atoms with E-state index < -0.39 is 4.92 Å². The molecule has 0 fully saturated rings. The zero-order chi connectivity index (χ0) is 13.7. The molecule has 2 rings (SSSR count). The summed E-state index contributed by atoms with van der Waals surface area (Å²) < 4.78 is 0. The summed E-state index contributed by atoms with van der Waals surface area (Å²) in [7, 11) is 0. The SMILES string of the molecule is O=C=Nc1cc(Sc2ccccc2)ccc1[N+](=O)[O-]. The summed E-state index contributed by atoms with van der Waals surface area (Å²) in [5.74, 6) is 0. The standard InChI is InChI=1S/C13H8N2O3S/c16-9-14-12-8-11(6-7-13(12)15(17)18)19-10-4-2-1-3-5-10/h1-8H. The minimum absolute atomic E-state index is 0.0148. The average molecular weight is 272 g/mol. The van der Waals surface area contributed by atoms with Gasteiger partial charge in [-0.2, -0.15) is 4.99 Å². The lowest BCUT2D eigenvalue weighted by molar-refractivity contribution is -0.384. The van der Waals surface area contributed by atoms with Gasteiger partial charge in [0.15, 0.2) is 5.69 Å². The van der Waals surface area contributed by atoms with Gasteiger partial charge in [0, 0.05) is 15.9 Å². The van der Waals surface area contributed by atoms with Gasteiger partial charge in [-0.1, -0.05) is 30.0 Å². The first-order valence-electron chi connectivity index (χ1n) is 5.30. The fraction of sp³-hybridized carbons (Fsp3) is 0. The van der Waals surface area contributed by atoms with Crippen molar-refractivity contribution < 1.29 is 9.72 Å². The fourth-order valence-corrected chi connectivity index (χ4v) is 2.36. The Hall–Kier alpha value is -2.43. The van der Waals surface area contributed by atoms with Crippen LogP contribution >= 0.6 is 11.8 Å². The van der Waals surface area contributed by atoms with Gasteiger partial charge in [0.2, 0.25) is 6.08 Å². The predicted molar refractivity (Wildman–Crippen MR) is 71.4 cm³/mol. The van der Waals surface area contributed by atoms with Crippen LogP contribution in [0, 0.1) is 10.1 Å². The average Bonchev–Trinajstić information content (AvgIpc) is 2.40. The number of rotatable bonds is 4. The van der Waals surface area contributed by atoms with Crippen LogP contribution in [0.25, 0.3) is 0 Å². The molecule has 0 heterocycles. The van der Waals surface area contributed by atoms with Crippen molar-refractivity contribution in [3.05, 3.63) is 58.6 Å². The monoisotopic (exact) mass is 272 g/mol. The van der Waals surface area contributed by atoms with E-state index in [1.54, 1.807) is 6.07 Å². The summed E-state index contributed by atoms with van der Waals surface area (Å²) >= 11 is 1.44. The fourth-order valence-electron chi connectivity index (χ4n) is 1.48. The van der Waals surface area contributed by atoms with E-state index >= 15 is 0 Å². The molecule has 94 valence electrons. The first-order valence-corrected chi connectivity index (χ1v) is 6.11. The molecule has 19 heavy (non-hydrogen) atoms. The van der Waals surface area contributed by atoms with Crippen LogP contribution in [0.4, 0.5) is 11.4 Å². The molecule has 0 bridgehead atoms. The highest BCUT2D eigenvalue weighted by Crippen LogP contribution is 2.34. The second-order valence-electron chi connectivity index (χ2n) is 3.53. The van der Waals surface area contributed by atoms with Crippen LogP contribution < -0.4 is 0 Å². The van der Waals surface area contributed by atoms with Crippen LogP contribution in [0.2, 0.25) is 0 Å². The number of benzene rings is 2. The van der Waals surface area contributed by atoms with E-state index in [4.69, 9.17) is 0 Å². The quantitative estimate of drug-likeness (QED) is 0.368. The Bertz CT molecular complexity index is 652. The lowest BCUT2D eigenvalue weighted by Crippen LogP contribution is -1.88. The van der Waals surface area contributed by atoms with Crippen molar-refractivity contribution in [3.8, 4) is 0 Å².